The lowest BCUT2D eigenvalue weighted by molar-refractivity contribution is -0.151. The number of ether oxygens (including phenoxy) is 1. The maximum atomic E-state index is 11.2. The fourth-order valence-corrected chi connectivity index (χ4v) is 1.44. The van der Waals surface area contributed by atoms with Crippen LogP contribution in [-0.4, -0.2) is 32.3 Å². The van der Waals surface area contributed by atoms with Crippen molar-refractivity contribution in [3.05, 3.63) is 0 Å². The van der Waals surface area contributed by atoms with E-state index in [-0.39, 0.29) is 6.61 Å². The summed E-state index contributed by atoms with van der Waals surface area (Å²) >= 11 is 5.10. The predicted molar refractivity (Wildman–Crippen MR) is 56.1 cm³/mol. The number of carbonyl (C=O) groups is 1. The fourth-order valence-electron chi connectivity index (χ4n) is 0.719. The minimum absolute atomic E-state index is 0.268. The first kappa shape index (κ1) is 14.7. The molecule has 0 saturated heterocycles. The molecule has 0 aromatic rings. The van der Waals surface area contributed by atoms with Crippen molar-refractivity contribution in [1.82, 2.24) is 0 Å². The molecule has 0 aliphatic heterocycles. The van der Waals surface area contributed by atoms with E-state index in [1.807, 2.05) is 6.92 Å². The van der Waals surface area contributed by atoms with Crippen LogP contribution in [0.2, 0.25) is 0 Å². The molecule has 5 nitrogen and oxygen atoms in total. The molecule has 0 rings (SSSR count). The van der Waals surface area contributed by atoms with E-state index in [9.17, 15) is 13.2 Å². The Bertz CT molecular complexity index is 287. The highest BCUT2D eigenvalue weighted by Gasteiger charge is 2.22. The van der Waals surface area contributed by atoms with Gasteiger partial charge >= 0.3 is 5.97 Å². The van der Waals surface area contributed by atoms with Crippen LogP contribution in [0, 0.1) is 0 Å². The third kappa shape index (κ3) is 6.70. The largest absolute Gasteiger partial charge is 0.464 e. The molecule has 0 amide bonds. The predicted octanol–water partition coefficient (Wildman–Crippen LogP) is 1.26. The van der Waals surface area contributed by atoms with E-state index in [0.29, 0.717) is 0 Å². The highest BCUT2D eigenvalue weighted by Crippen LogP contribution is 2.04. The van der Waals surface area contributed by atoms with E-state index in [1.54, 1.807) is 0 Å². The standard InChI is InChI=1S/C8H15ClO5S/c1-3-4-5-13-8(10)7(2)14-15(11,12)6-9/h7H,3-6H2,1-2H3/t7-/m1/s1. The van der Waals surface area contributed by atoms with Gasteiger partial charge in [-0.3, -0.25) is 4.18 Å². The van der Waals surface area contributed by atoms with Crippen LogP contribution in [0.5, 0.6) is 0 Å². The van der Waals surface area contributed by atoms with Crippen molar-refractivity contribution in [1.29, 1.82) is 0 Å². The second-order valence-corrected chi connectivity index (χ2v) is 5.11. The van der Waals surface area contributed by atoms with Gasteiger partial charge in [0.1, 0.15) is 5.21 Å². The zero-order chi connectivity index (χ0) is 11.9. The minimum atomic E-state index is -3.83. The van der Waals surface area contributed by atoms with Gasteiger partial charge in [-0.2, -0.15) is 8.42 Å². The molecule has 0 heterocycles. The van der Waals surface area contributed by atoms with Gasteiger partial charge in [-0.25, -0.2) is 4.79 Å². The summed E-state index contributed by atoms with van der Waals surface area (Å²) in [6, 6.07) is 0. The Morgan fingerprint density at radius 3 is 2.53 bits per heavy atom. The molecule has 1 atom stereocenters. The first-order valence-electron chi connectivity index (χ1n) is 4.56. The SMILES string of the molecule is CCCCOC(=O)[C@@H](C)OS(=O)(=O)CCl. The lowest BCUT2D eigenvalue weighted by Crippen LogP contribution is -2.27. The molecular weight excluding hydrogens is 244 g/mol. The zero-order valence-corrected chi connectivity index (χ0v) is 10.3. The maximum absolute atomic E-state index is 11.2. The molecule has 7 heteroatoms. The monoisotopic (exact) mass is 258 g/mol. The average molecular weight is 259 g/mol. The fraction of sp³-hybridized carbons (Fsp3) is 0.875. The molecule has 0 N–H and O–H groups in total. The van der Waals surface area contributed by atoms with E-state index >= 15 is 0 Å². The van der Waals surface area contributed by atoms with Gasteiger partial charge in [0.25, 0.3) is 10.1 Å². The summed E-state index contributed by atoms with van der Waals surface area (Å²) in [4.78, 5) is 11.2. The summed E-state index contributed by atoms with van der Waals surface area (Å²) in [5, 5.41) is -0.681. The Kier molecular flexibility index (Phi) is 6.87. The van der Waals surface area contributed by atoms with Gasteiger partial charge in [0.2, 0.25) is 0 Å². The number of halogens is 1. The van der Waals surface area contributed by atoms with Crippen molar-refractivity contribution in [2.45, 2.75) is 32.8 Å². The van der Waals surface area contributed by atoms with Gasteiger partial charge in [-0.05, 0) is 13.3 Å². The summed E-state index contributed by atoms with van der Waals surface area (Å²) in [6.45, 7) is 3.52. The van der Waals surface area contributed by atoms with Gasteiger partial charge in [0.05, 0.1) is 6.61 Å². The van der Waals surface area contributed by atoms with E-state index in [0.717, 1.165) is 12.8 Å². The van der Waals surface area contributed by atoms with Gasteiger partial charge < -0.3 is 4.74 Å². The van der Waals surface area contributed by atoms with E-state index in [2.05, 4.69) is 4.18 Å². The molecular formula is C8H15ClO5S. The van der Waals surface area contributed by atoms with Crippen LogP contribution in [-0.2, 0) is 23.8 Å². The Morgan fingerprint density at radius 1 is 1.47 bits per heavy atom. The van der Waals surface area contributed by atoms with E-state index < -0.39 is 27.4 Å². The Balaban J connectivity index is 4.00. The lowest BCUT2D eigenvalue weighted by Gasteiger charge is -2.10. The first-order valence-corrected chi connectivity index (χ1v) is 6.67. The Morgan fingerprint density at radius 2 is 2.07 bits per heavy atom. The summed E-state index contributed by atoms with van der Waals surface area (Å²) in [7, 11) is -3.83. The van der Waals surface area contributed by atoms with Crippen molar-refractivity contribution >= 4 is 27.7 Å². The molecule has 0 unspecified atom stereocenters. The lowest BCUT2D eigenvalue weighted by atomic mass is 10.3. The zero-order valence-electron chi connectivity index (χ0n) is 8.73. The second kappa shape index (κ2) is 7.03. The molecule has 0 aromatic carbocycles. The number of unbranched alkanes of at least 4 members (excludes halogenated alkanes) is 1. The molecule has 15 heavy (non-hydrogen) atoms. The van der Waals surface area contributed by atoms with Crippen molar-refractivity contribution < 1.29 is 22.1 Å². The topological polar surface area (TPSA) is 69.7 Å². The van der Waals surface area contributed by atoms with Crippen molar-refractivity contribution in [3.8, 4) is 0 Å². The van der Waals surface area contributed by atoms with Crippen LogP contribution in [0.25, 0.3) is 0 Å². The molecule has 0 radical (unpaired) electrons. The number of rotatable bonds is 7. The molecule has 0 aliphatic carbocycles. The molecule has 0 aliphatic rings. The van der Waals surface area contributed by atoms with Crippen molar-refractivity contribution in [3.63, 3.8) is 0 Å². The normalized spacial score (nSPS) is 13.5. The van der Waals surface area contributed by atoms with Crippen LogP contribution in [0.1, 0.15) is 26.7 Å². The van der Waals surface area contributed by atoms with E-state index in [4.69, 9.17) is 16.3 Å². The third-order valence-electron chi connectivity index (χ3n) is 1.50. The van der Waals surface area contributed by atoms with Crippen LogP contribution < -0.4 is 0 Å². The van der Waals surface area contributed by atoms with Crippen molar-refractivity contribution in [2.24, 2.45) is 0 Å². The summed E-state index contributed by atoms with van der Waals surface area (Å²) < 4.78 is 31.0. The highest BCUT2D eigenvalue weighted by atomic mass is 35.5. The summed E-state index contributed by atoms with van der Waals surface area (Å²) in [5.74, 6) is -0.697. The number of hydrogen-bond donors (Lipinski definition) is 0. The number of carbonyl (C=O) groups excluding carboxylic acids is 1. The second-order valence-electron chi connectivity index (χ2n) is 2.93. The van der Waals surface area contributed by atoms with Crippen LogP contribution in [0.15, 0.2) is 0 Å². The number of esters is 1. The third-order valence-corrected chi connectivity index (χ3v) is 3.15. The van der Waals surface area contributed by atoms with Crippen molar-refractivity contribution in [2.75, 3.05) is 11.8 Å². The molecule has 0 spiro atoms. The van der Waals surface area contributed by atoms with Gasteiger partial charge in [-0.15, -0.1) is 11.6 Å². The molecule has 0 bridgehead atoms. The van der Waals surface area contributed by atoms with Crippen LogP contribution in [0.3, 0.4) is 0 Å². The number of alkyl halides is 1. The first-order chi connectivity index (χ1) is 6.93. The molecule has 90 valence electrons. The number of hydrogen-bond acceptors (Lipinski definition) is 5. The minimum Gasteiger partial charge on any atom is -0.464 e. The summed E-state index contributed by atoms with van der Waals surface area (Å²) in [6.07, 6.45) is 0.481. The van der Waals surface area contributed by atoms with E-state index in [1.165, 1.54) is 6.92 Å². The van der Waals surface area contributed by atoms with Crippen LogP contribution in [0.4, 0.5) is 0 Å². The average Bonchev–Trinajstić information content (AvgIpc) is 2.17. The van der Waals surface area contributed by atoms with Gasteiger partial charge in [-0.1, -0.05) is 13.3 Å². The van der Waals surface area contributed by atoms with Crippen LogP contribution >= 0.6 is 11.6 Å². The highest BCUT2D eigenvalue weighted by molar-refractivity contribution is 7.87. The molecule has 0 fully saturated rings. The smallest absolute Gasteiger partial charge is 0.336 e. The van der Waals surface area contributed by atoms with Gasteiger partial charge in [0.15, 0.2) is 6.10 Å². The maximum Gasteiger partial charge on any atom is 0.336 e. The molecule has 0 aromatic heterocycles. The van der Waals surface area contributed by atoms with Gasteiger partial charge in [0, 0.05) is 0 Å². The Labute approximate surface area is 94.8 Å². The quantitative estimate of drug-likeness (QED) is 0.298. The Hall–Kier alpha value is -0.330. The summed E-state index contributed by atoms with van der Waals surface area (Å²) in [5.41, 5.74) is 0. The molecule has 0 saturated carbocycles.